The van der Waals surface area contributed by atoms with Crippen molar-refractivity contribution in [3.05, 3.63) is 77.6 Å². The maximum Gasteiger partial charge on any atom is 0.241 e. The molecule has 0 aliphatic carbocycles. The van der Waals surface area contributed by atoms with Gasteiger partial charge in [0.15, 0.2) is 17.5 Å². The number of ether oxygens (including phenoxy) is 1. The lowest BCUT2D eigenvalue weighted by Gasteiger charge is -2.30. The number of hydrogen-bond acceptors (Lipinski definition) is 5. The largest absolute Gasteiger partial charge is 0.465 e. The van der Waals surface area contributed by atoms with Crippen LogP contribution < -0.4 is 26.0 Å². The number of nitrogens with zero attached hydrogens (tertiary/aromatic N) is 1. The fourth-order valence-corrected chi connectivity index (χ4v) is 6.07. The van der Waals surface area contributed by atoms with E-state index in [0.717, 1.165) is 56.3 Å². The Morgan fingerprint density at radius 1 is 0.810 bits per heavy atom. The molecule has 4 aromatic rings. The molecule has 1 aromatic heterocycles. The molecule has 8 nitrogen and oxygen atoms in total. The van der Waals surface area contributed by atoms with E-state index in [1.54, 1.807) is 28.8 Å². The van der Waals surface area contributed by atoms with Crippen LogP contribution >= 0.6 is 0 Å². The minimum Gasteiger partial charge on any atom is -0.465 e. The van der Waals surface area contributed by atoms with Gasteiger partial charge in [-0.3, -0.25) is 9.59 Å². The van der Waals surface area contributed by atoms with E-state index in [9.17, 15) is 22.8 Å². The monoisotopic (exact) mass is 575 g/mol. The molecule has 3 aliphatic rings. The van der Waals surface area contributed by atoms with Crippen molar-refractivity contribution in [1.82, 2.24) is 15.2 Å². The lowest BCUT2D eigenvalue weighted by atomic mass is 10.1. The molecular weight excluding hydrogens is 547 g/mol. The highest BCUT2D eigenvalue weighted by atomic mass is 19.2. The third kappa shape index (κ3) is 4.68. The van der Waals surface area contributed by atoms with Crippen LogP contribution in [0, 0.1) is 17.5 Å². The van der Waals surface area contributed by atoms with Crippen molar-refractivity contribution < 1.29 is 27.5 Å². The predicted octanol–water partition coefficient (Wildman–Crippen LogP) is 5.05. The summed E-state index contributed by atoms with van der Waals surface area (Å²) in [4.78, 5) is 25.4. The second-order valence-corrected chi connectivity index (χ2v) is 10.9. The molecule has 4 heterocycles. The summed E-state index contributed by atoms with van der Waals surface area (Å²) >= 11 is 0. The number of aromatic nitrogens is 1. The van der Waals surface area contributed by atoms with Gasteiger partial charge in [-0.1, -0.05) is 0 Å². The third-order valence-corrected chi connectivity index (χ3v) is 8.15. The number of hydrogen-bond donors (Lipinski definition) is 4. The number of anilines is 2. The Kier molecular flexibility index (Phi) is 6.63. The molecule has 3 aromatic carbocycles. The molecule has 3 atom stereocenters. The van der Waals surface area contributed by atoms with Gasteiger partial charge in [-0.25, -0.2) is 13.2 Å². The standard InChI is InChI=1S/C31H28F3N5O3/c32-21-12-17(13-22(33)28(21)34)31-39-25-8-6-18(37-29(40)23-3-1-9-35-23)11-16(25)14-26(39)20-7-5-19(15-27(20)42-31)38-30(41)24-4-2-10-36-24/h5-8,11-15,23-24,31,35-36H,1-4,9-10H2,(H,37,40)(H,38,41)/t23-,24-,31-/m0/s1. The van der Waals surface area contributed by atoms with Crippen molar-refractivity contribution in [3.8, 4) is 17.0 Å². The van der Waals surface area contributed by atoms with E-state index in [2.05, 4.69) is 21.3 Å². The Bertz CT molecular complexity index is 1700. The Hall–Kier alpha value is -4.35. The van der Waals surface area contributed by atoms with E-state index in [1.807, 2.05) is 18.2 Å². The highest BCUT2D eigenvalue weighted by molar-refractivity contribution is 5.99. The summed E-state index contributed by atoms with van der Waals surface area (Å²) in [5, 5.41) is 13.0. The van der Waals surface area contributed by atoms with Gasteiger partial charge < -0.3 is 30.6 Å². The molecule has 0 radical (unpaired) electrons. The van der Waals surface area contributed by atoms with Crippen LogP contribution in [0.3, 0.4) is 0 Å². The maximum absolute atomic E-state index is 14.4. The number of rotatable bonds is 5. The van der Waals surface area contributed by atoms with Crippen LogP contribution in [0.25, 0.3) is 22.2 Å². The molecule has 4 N–H and O–H groups in total. The third-order valence-electron chi connectivity index (χ3n) is 8.15. The number of fused-ring (bicyclic) bond motifs is 5. The van der Waals surface area contributed by atoms with Crippen LogP contribution in [-0.2, 0) is 9.59 Å². The molecule has 2 amide bonds. The van der Waals surface area contributed by atoms with E-state index >= 15 is 0 Å². The number of benzene rings is 3. The van der Waals surface area contributed by atoms with Gasteiger partial charge in [0, 0.05) is 34.0 Å². The fourth-order valence-electron chi connectivity index (χ4n) is 6.07. The first kappa shape index (κ1) is 26.5. The summed E-state index contributed by atoms with van der Waals surface area (Å²) in [6.45, 7) is 1.59. The van der Waals surface area contributed by atoms with Crippen LogP contribution in [0.4, 0.5) is 24.5 Å². The lowest BCUT2D eigenvalue weighted by Crippen LogP contribution is -2.35. The predicted molar refractivity (Wildman–Crippen MR) is 152 cm³/mol. The van der Waals surface area contributed by atoms with Gasteiger partial charge in [0.25, 0.3) is 0 Å². The van der Waals surface area contributed by atoms with E-state index in [4.69, 9.17) is 4.74 Å². The summed E-state index contributed by atoms with van der Waals surface area (Å²) in [6.07, 6.45) is 2.34. The number of carbonyl (C=O) groups is 2. The summed E-state index contributed by atoms with van der Waals surface area (Å²) in [5.41, 5.74) is 3.27. The Morgan fingerprint density at radius 2 is 1.43 bits per heavy atom. The van der Waals surface area contributed by atoms with Crippen LogP contribution in [0.1, 0.15) is 37.5 Å². The molecule has 3 aliphatic heterocycles. The fraction of sp³-hybridized carbons (Fsp3) is 0.290. The molecule has 7 rings (SSSR count). The molecular formula is C31H28F3N5O3. The quantitative estimate of drug-likeness (QED) is 0.250. The Balaban J connectivity index is 1.29. The zero-order chi connectivity index (χ0) is 29.0. The summed E-state index contributed by atoms with van der Waals surface area (Å²) in [6, 6.07) is 13.9. The maximum atomic E-state index is 14.4. The van der Waals surface area contributed by atoms with Gasteiger partial charge in [-0.05, 0) is 87.3 Å². The van der Waals surface area contributed by atoms with Crippen molar-refractivity contribution in [2.75, 3.05) is 23.7 Å². The zero-order valence-corrected chi connectivity index (χ0v) is 22.5. The van der Waals surface area contributed by atoms with Gasteiger partial charge >= 0.3 is 0 Å². The first-order valence-electron chi connectivity index (χ1n) is 14.0. The summed E-state index contributed by atoms with van der Waals surface area (Å²) < 4.78 is 50.8. The van der Waals surface area contributed by atoms with Crippen molar-refractivity contribution in [2.45, 2.75) is 44.0 Å². The van der Waals surface area contributed by atoms with Crippen LogP contribution in [0.2, 0.25) is 0 Å². The summed E-state index contributed by atoms with van der Waals surface area (Å²) in [5.74, 6) is -4.09. The number of amides is 2. The molecule has 2 saturated heterocycles. The number of halogens is 3. The van der Waals surface area contributed by atoms with Crippen LogP contribution in [0.15, 0.2) is 54.6 Å². The molecule has 42 heavy (non-hydrogen) atoms. The first-order chi connectivity index (χ1) is 20.4. The van der Waals surface area contributed by atoms with Crippen molar-refractivity contribution in [2.24, 2.45) is 0 Å². The molecule has 216 valence electrons. The van der Waals surface area contributed by atoms with E-state index in [1.165, 1.54) is 0 Å². The van der Waals surface area contributed by atoms with Crippen LogP contribution in [0.5, 0.6) is 5.75 Å². The van der Waals surface area contributed by atoms with Crippen molar-refractivity contribution >= 4 is 34.1 Å². The molecule has 0 bridgehead atoms. The molecule has 2 fully saturated rings. The minimum absolute atomic E-state index is 0.0741. The Labute approximate surface area is 239 Å². The Morgan fingerprint density at radius 3 is 2.05 bits per heavy atom. The van der Waals surface area contributed by atoms with Gasteiger partial charge in [0.2, 0.25) is 18.0 Å². The molecule has 0 unspecified atom stereocenters. The van der Waals surface area contributed by atoms with Gasteiger partial charge in [-0.2, -0.15) is 0 Å². The van der Waals surface area contributed by atoms with Crippen molar-refractivity contribution in [1.29, 1.82) is 0 Å². The normalized spacial score (nSPS) is 21.1. The van der Waals surface area contributed by atoms with E-state index in [0.29, 0.717) is 33.9 Å². The second-order valence-electron chi connectivity index (χ2n) is 10.9. The van der Waals surface area contributed by atoms with Gasteiger partial charge in [0.1, 0.15) is 5.75 Å². The van der Waals surface area contributed by atoms with E-state index < -0.39 is 23.7 Å². The molecule has 11 heteroatoms. The van der Waals surface area contributed by atoms with E-state index in [-0.39, 0.29) is 29.5 Å². The topological polar surface area (TPSA) is 96.4 Å². The summed E-state index contributed by atoms with van der Waals surface area (Å²) in [7, 11) is 0. The lowest BCUT2D eigenvalue weighted by molar-refractivity contribution is -0.118. The number of nitrogens with one attached hydrogen (secondary N) is 4. The number of carbonyl (C=O) groups excluding carboxylic acids is 2. The smallest absolute Gasteiger partial charge is 0.241 e. The highest BCUT2D eigenvalue weighted by Crippen LogP contribution is 2.45. The second kappa shape index (κ2) is 10.5. The highest BCUT2D eigenvalue weighted by Gasteiger charge is 2.31. The first-order valence-corrected chi connectivity index (χ1v) is 14.0. The zero-order valence-electron chi connectivity index (χ0n) is 22.5. The van der Waals surface area contributed by atoms with Gasteiger partial charge in [0.05, 0.1) is 23.3 Å². The SMILES string of the molecule is O=C(Nc1ccc2c(c1)O[C@@H](c1cc(F)c(F)c(F)c1)n1c-2cc2cc(NC(=O)[C@@H]3CCCN3)ccc21)[C@@H]1CCCN1. The molecule has 0 saturated carbocycles. The van der Waals surface area contributed by atoms with Gasteiger partial charge in [-0.15, -0.1) is 0 Å². The minimum atomic E-state index is -1.56. The average Bonchev–Trinajstić information content (AvgIpc) is 3.76. The van der Waals surface area contributed by atoms with Crippen molar-refractivity contribution in [3.63, 3.8) is 0 Å². The van der Waals surface area contributed by atoms with Crippen LogP contribution in [-0.4, -0.2) is 41.6 Å². The molecule has 0 spiro atoms. The average molecular weight is 576 g/mol.